The molecule has 0 aromatic heterocycles. The summed E-state index contributed by atoms with van der Waals surface area (Å²) in [6, 6.07) is 7.73. The minimum Gasteiger partial charge on any atom is -0.493 e. The van der Waals surface area contributed by atoms with Gasteiger partial charge in [0.2, 0.25) is 5.79 Å². The quantitative estimate of drug-likeness (QED) is 0.864. The Bertz CT molecular complexity index is 361. The highest BCUT2D eigenvalue weighted by molar-refractivity contribution is 5.37. The molecular formula is C13H19NO3. The number of hydrogen-bond acceptors (Lipinski definition) is 4. The fourth-order valence-electron chi connectivity index (χ4n) is 2.02. The van der Waals surface area contributed by atoms with Gasteiger partial charge in [0.1, 0.15) is 5.75 Å². The fourth-order valence-corrected chi connectivity index (χ4v) is 2.02. The van der Waals surface area contributed by atoms with Crippen molar-refractivity contribution in [1.29, 1.82) is 0 Å². The van der Waals surface area contributed by atoms with E-state index in [1.165, 1.54) is 0 Å². The molecule has 0 unspecified atom stereocenters. The second-order valence-electron chi connectivity index (χ2n) is 3.94. The third-order valence-corrected chi connectivity index (χ3v) is 2.83. The van der Waals surface area contributed by atoms with E-state index in [0.29, 0.717) is 19.8 Å². The highest BCUT2D eigenvalue weighted by Crippen LogP contribution is 2.35. The van der Waals surface area contributed by atoms with Gasteiger partial charge >= 0.3 is 0 Å². The fraction of sp³-hybridized carbons (Fsp3) is 0.538. The lowest BCUT2D eigenvalue weighted by Gasteiger charge is -2.37. The first-order chi connectivity index (χ1) is 8.32. The Morgan fingerprint density at radius 1 is 1.29 bits per heavy atom. The van der Waals surface area contributed by atoms with Crippen LogP contribution in [0.15, 0.2) is 24.3 Å². The Morgan fingerprint density at radius 2 is 2.00 bits per heavy atom. The third-order valence-electron chi connectivity index (χ3n) is 2.83. The van der Waals surface area contributed by atoms with E-state index in [0.717, 1.165) is 17.7 Å². The van der Waals surface area contributed by atoms with Crippen LogP contribution in [0.3, 0.4) is 0 Å². The van der Waals surface area contributed by atoms with Crippen LogP contribution in [-0.2, 0) is 15.3 Å². The molecule has 1 aromatic carbocycles. The Labute approximate surface area is 102 Å². The smallest absolute Gasteiger partial charge is 0.211 e. The maximum absolute atomic E-state index is 5.83. The van der Waals surface area contributed by atoms with Crippen LogP contribution in [-0.4, -0.2) is 26.4 Å². The van der Waals surface area contributed by atoms with Gasteiger partial charge in [-0.3, -0.25) is 0 Å². The van der Waals surface area contributed by atoms with Crippen molar-refractivity contribution in [3.8, 4) is 5.75 Å². The molecule has 17 heavy (non-hydrogen) atoms. The summed E-state index contributed by atoms with van der Waals surface area (Å²) < 4.78 is 17.1. The van der Waals surface area contributed by atoms with Gasteiger partial charge in [0.15, 0.2) is 0 Å². The summed E-state index contributed by atoms with van der Waals surface area (Å²) in [5.74, 6) is -0.0633. The van der Waals surface area contributed by atoms with Crippen molar-refractivity contribution in [2.75, 3.05) is 26.4 Å². The van der Waals surface area contributed by atoms with Gasteiger partial charge in [0, 0.05) is 0 Å². The molecule has 1 heterocycles. The van der Waals surface area contributed by atoms with Crippen LogP contribution in [0.5, 0.6) is 5.75 Å². The second-order valence-corrected chi connectivity index (χ2v) is 3.94. The zero-order valence-electron chi connectivity index (χ0n) is 10.1. The van der Waals surface area contributed by atoms with E-state index < -0.39 is 5.79 Å². The number of rotatable bonds is 4. The van der Waals surface area contributed by atoms with Gasteiger partial charge < -0.3 is 19.9 Å². The minimum absolute atomic E-state index is 0.289. The topological polar surface area (TPSA) is 53.7 Å². The van der Waals surface area contributed by atoms with Crippen LogP contribution in [0.4, 0.5) is 0 Å². The predicted octanol–water partition coefficient (Wildman–Crippen LogP) is 1.63. The molecule has 1 fully saturated rings. The van der Waals surface area contributed by atoms with Crippen molar-refractivity contribution in [2.24, 2.45) is 5.73 Å². The average molecular weight is 237 g/mol. The van der Waals surface area contributed by atoms with Crippen LogP contribution in [0, 0.1) is 0 Å². The van der Waals surface area contributed by atoms with Crippen molar-refractivity contribution in [3.05, 3.63) is 29.8 Å². The lowest BCUT2D eigenvalue weighted by atomic mass is 10.0. The lowest BCUT2D eigenvalue weighted by molar-refractivity contribution is -0.270. The van der Waals surface area contributed by atoms with Gasteiger partial charge in [-0.05, 0) is 25.5 Å². The molecule has 1 aliphatic rings. The summed E-state index contributed by atoms with van der Waals surface area (Å²) in [7, 11) is 0. The Morgan fingerprint density at radius 3 is 2.65 bits per heavy atom. The molecule has 0 bridgehead atoms. The molecule has 2 N–H and O–H groups in total. The Balaban J connectivity index is 2.35. The molecule has 0 saturated carbocycles. The number of hydrogen-bond donors (Lipinski definition) is 1. The number of ether oxygens (including phenoxy) is 3. The zero-order valence-corrected chi connectivity index (χ0v) is 10.1. The van der Waals surface area contributed by atoms with Gasteiger partial charge in [0.05, 0.1) is 31.9 Å². The molecule has 0 radical (unpaired) electrons. The van der Waals surface area contributed by atoms with E-state index in [1.54, 1.807) is 0 Å². The molecule has 1 saturated heterocycles. The number of benzene rings is 1. The summed E-state index contributed by atoms with van der Waals surface area (Å²) >= 11 is 0. The molecule has 2 rings (SSSR count). The largest absolute Gasteiger partial charge is 0.493 e. The lowest BCUT2D eigenvalue weighted by Crippen LogP contribution is -2.44. The summed E-state index contributed by atoms with van der Waals surface area (Å²) in [5, 5.41) is 0. The molecule has 1 aromatic rings. The second kappa shape index (κ2) is 5.49. The molecule has 94 valence electrons. The minimum atomic E-state index is -0.843. The highest BCUT2D eigenvalue weighted by Gasteiger charge is 2.37. The molecule has 1 aliphatic heterocycles. The third kappa shape index (κ3) is 2.44. The van der Waals surface area contributed by atoms with Crippen molar-refractivity contribution in [2.45, 2.75) is 19.1 Å². The Hall–Kier alpha value is -1.10. The predicted molar refractivity (Wildman–Crippen MR) is 64.9 cm³/mol. The van der Waals surface area contributed by atoms with Crippen molar-refractivity contribution >= 4 is 0 Å². The molecule has 0 amide bonds. The summed E-state index contributed by atoms with van der Waals surface area (Å²) in [5.41, 5.74) is 6.71. The molecular weight excluding hydrogens is 218 g/mol. The van der Waals surface area contributed by atoms with Crippen molar-refractivity contribution < 1.29 is 14.2 Å². The first-order valence-electron chi connectivity index (χ1n) is 6.02. The standard InChI is InChI=1S/C13H19NO3/c1-2-15-12-7-4-3-6-11(12)13(10-14)16-8-5-9-17-13/h3-4,6-7H,2,5,8-10,14H2,1H3. The number of nitrogens with two attached hydrogens (primary N) is 1. The van der Waals surface area contributed by atoms with Gasteiger partial charge in [-0.15, -0.1) is 0 Å². The highest BCUT2D eigenvalue weighted by atomic mass is 16.7. The van der Waals surface area contributed by atoms with E-state index in [9.17, 15) is 0 Å². The Kier molecular flexibility index (Phi) is 3.99. The van der Waals surface area contributed by atoms with Gasteiger partial charge in [-0.2, -0.15) is 0 Å². The van der Waals surface area contributed by atoms with Gasteiger partial charge in [-0.1, -0.05) is 12.1 Å². The van der Waals surface area contributed by atoms with Gasteiger partial charge in [0.25, 0.3) is 0 Å². The average Bonchev–Trinajstić information content (AvgIpc) is 2.40. The first-order valence-corrected chi connectivity index (χ1v) is 6.02. The summed E-state index contributed by atoms with van der Waals surface area (Å²) in [6.45, 7) is 4.18. The van der Waals surface area contributed by atoms with Gasteiger partial charge in [-0.25, -0.2) is 0 Å². The maximum Gasteiger partial charge on any atom is 0.211 e. The molecule has 4 heteroatoms. The van der Waals surface area contributed by atoms with Crippen LogP contribution < -0.4 is 10.5 Å². The summed E-state index contributed by atoms with van der Waals surface area (Å²) in [6.07, 6.45) is 0.901. The molecule has 0 aliphatic carbocycles. The zero-order chi connectivity index (χ0) is 12.1. The SMILES string of the molecule is CCOc1ccccc1C1(CN)OCCCO1. The van der Waals surface area contributed by atoms with E-state index in [4.69, 9.17) is 19.9 Å². The van der Waals surface area contributed by atoms with Crippen LogP contribution in [0.2, 0.25) is 0 Å². The van der Waals surface area contributed by atoms with Crippen LogP contribution in [0.25, 0.3) is 0 Å². The number of para-hydroxylation sites is 1. The maximum atomic E-state index is 5.83. The van der Waals surface area contributed by atoms with E-state index >= 15 is 0 Å². The van der Waals surface area contributed by atoms with E-state index in [1.807, 2.05) is 31.2 Å². The molecule has 4 nitrogen and oxygen atoms in total. The van der Waals surface area contributed by atoms with Crippen molar-refractivity contribution in [1.82, 2.24) is 0 Å². The first kappa shape index (κ1) is 12.4. The monoisotopic (exact) mass is 237 g/mol. The van der Waals surface area contributed by atoms with Crippen LogP contribution in [0.1, 0.15) is 18.9 Å². The molecule has 0 spiro atoms. The van der Waals surface area contributed by atoms with E-state index in [-0.39, 0.29) is 6.54 Å². The summed E-state index contributed by atoms with van der Waals surface area (Å²) in [4.78, 5) is 0. The van der Waals surface area contributed by atoms with E-state index in [2.05, 4.69) is 0 Å². The van der Waals surface area contributed by atoms with Crippen LogP contribution >= 0.6 is 0 Å². The molecule has 0 atom stereocenters. The normalized spacial score (nSPS) is 18.9. The van der Waals surface area contributed by atoms with Crippen molar-refractivity contribution in [3.63, 3.8) is 0 Å².